The minimum Gasteiger partial charge on any atom is -0.496 e. The number of carbonyl (C=O) groups excluding carboxylic acids is 1. The Morgan fingerprint density at radius 1 is 1.10 bits per heavy atom. The van der Waals surface area contributed by atoms with Crippen LogP contribution in [0.1, 0.15) is 43.9 Å². The van der Waals surface area contributed by atoms with Crippen LogP contribution in [0.25, 0.3) is 11.0 Å². The first-order valence-electron chi connectivity index (χ1n) is 9.88. The molecular formula is C24H20N2O4S. The molecule has 1 amide bonds. The fourth-order valence-electron chi connectivity index (χ4n) is 4.03. The van der Waals surface area contributed by atoms with Gasteiger partial charge in [-0.25, -0.2) is 4.98 Å². The molecule has 3 heterocycles. The zero-order valence-electron chi connectivity index (χ0n) is 17.6. The smallest absolute Gasteiger partial charge is 0.297 e. The maximum atomic E-state index is 13.7. The standard InChI is InChI=1S/C24H20N2O4S/c1-12-9-10-18-16(11-12)21(27)19-20(15-7-5-6-8-17(15)29-4)26(23(28)22(19)30-18)24-25-13(2)14(3)31-24/h5-11,20H,1-4H3/t20-/m1/s1. The Morgan fingerprint density at radius 2 is 1.87 bits per heavy atom. The number of aryl methyl sites for hydroxylation is 3. The van der Waals surface area contributed by atoms with Gasteiger partial charge in [-0.3, -0.25) is 14.5 Å². The number of ether oxygens (including phenoxy) is 1. The molecule has 0 bridgehead atoms. The highest BCUT2D eigenvalue weighted by atomic mass is 32.1. The third kappa shape index (κ3) is 2.88. The van der Waals surface area contributed by atoms with Crippen LogP contribution in [-0.4, -0.2) is 18.0 Å². The van der Waals surface area contributed by atoms with E-state index in [4.69, 9.17) is 9.15 Å². The van der Waals surface area contributed by atoms with E-state index < -0.39 is 6.04 Å². The highest BCUT2D eigenvalue weighted by Crippen LogP contribution is 2.45. The van der Waals surface area contributed by atoms with Gasteiger partial charge >= 0.3 is 0 Å². The van der Waals surface area contributed by atoms with Crippen molar-refractivity contribution in [1.82, 2.24) is 4.98 Å². The van der Waals surface area contributed by atoms with Crippen LogP contribution < -0.4 is 15.1 Å². The number of methoxy groups -OCH3 is 1. The number of rotatable bonds is 3. The van der Waals surface area contributed by atoms with Crippen LogP contribution in [0, 0.1) is 20.8 Å². The van der Waals surface area contributed by atoms with Gasteiger partial charge in [0.05, 0.1) is 23.8 Å². The molecule has 1 aliphatic heterocycles. The van der Waals surface area contributed by atoms with E-state index in [0.717, 1.165) is 16.1 Å². The van der Waals surface area contributed by atoms with Crippen molar-refractivity contribution in [3.05, 3.63) is 85.7 Å². The van der Waals surface area contributed by atoms with Gasteiger partial charge in [-0.2, -0.15) is 0 Å². The van der Waals surface area contributed by atoms with Crippen molar-refractivity contribution in [3.8, 4) is 5.75 Å². The summed E-state index contributed by atoms with van der Waals surface area (Å²) in [6, 6.07) is 12.1. The van der Waals surface area contributed by atoms with Crippen LogP contribution in [0.2, 0.25) is 0 Å². The van der Waals surface area contributed by atoms with Gasteiger partial charge in [-0.05, 0) is 39.0 Å². The third-order valence-electron chi connectivity index (χ3n) is 5.68. The first kappa shape index (κ1) is 19.5. The molecule has 0 radical (unpaired) electrons. The van der Waals surface area contributed by atoms with Gasteiger partial charge in [0.25, 0.3) is 5.91 Å². The summed E-state index contributed by atoms with van der Waals surface area (Å²) >= 11 is 1.42. The van der Waals surface area contributed by atoms with Crippen LogP contribution in [0.3, 0.4) is 0 Å². The molecule has 5 rings (SSSR count). The maximum Gasteiger partial charge on any atom is 0.297 e. The van der Waals surface area contributed by atoms with Gasteiger partial charge in [0.15, 0.2) is 10.6 Å². The van der Waals surface area contributed by atoms with Crippen molar-refractivity contribution < 1.29 is 13.9 Å². The van der Waals surface area contributed by atoms with Gasteiger partial charge in [0, 0.05) is 10.4 Å². The van der Waals surface area contributed by atoms with E-state index in [1.54, 1.807) is 24.1 Å². The summed E-state index contributed by atoms with van der Waals surface area (Å²) < 4.78 is 11.6. The molecule has 1 aliphatic rings. The van der Waals surface area contributed by atoms with Crippen molar-refractivity contribution in [2.24, 2.45) is 0 Å². The largest absolute Gasteiger partial charge is 0.496 e. The highest BCUT2D eigenvalue weighted by Gasteiger charge is 2.46. The van der Waals surface area contributed by atoms with Crippen LogP contribution in [0.15, 0.2) is 51.7 Å². The molecule has 0 saturated carbocycles. The average molecular weight is 433 g/mol. The van der Waals surface area contributed by atoms with Crippen LogP contribution in [0.5, 0.6) is 5.75 Å². The Balaban J connectivity index is 1.85. The Labute approximate surface area is 182 Å². The highest BCUT2D eigenvalue weighted by molar-refractivity contribution is 7.15. The molecule has 0 saturated heterocycles. The van der Waals surface area contributed by atoms with Crippen molar-refractivity contribution >= 4 is 33.3 Å². The minimum atomic E-state index is -0.690. The van der Waals surface area contributed by atoms with Crippen LogP contribution in [0.4, 0.5) is 5.13 Å². The number of hydrogen-bond acceptors (Lipinski definition) is 6. The number of carbonyl (C=O) groups is 1. The zero-order valence-corrected chi connectivity index (χ0v) is 18.4. The number of nitrogens with zero attached hydrogens (tertiary/aromatic N) is 2. The molecule has 0 unspecified atom stereocenters. The van der Waals surface area contributed by atoms with Crippen molar-refractivity contribution in [3.63, 3.8) is 0 Å². The van der Waals surface area contributed by atoms with E-state index in [1.165, 1.54) is 11.3 Å². The average Bonchev–Trinajstić information content (AvgIpc) is 3.24. The summed E-state index contributed by atoms with van der Waals surface area (Å²) in [5.41, 5.74) is 3.01. The second-order valence-electron chi connectivity index (χ2n) is 7.63. The van der Waals surface area contributed by atoms with E-state index in [9.17, 15) is 9.59 Å². The molecular weight excluding hydrogens is 412 g/mol. The topological polar surface area (TPSA) is 72.6 Å². The molecule has 2 aromatic carbocycles. The summed E-state index contributed by atoms with van der Waals surface area (Å²) in [5.74, 6) is 0.272. The predicted molar refractivity (Wildman–Crippen MR) is 120 cm³/mol. The Morgan fingerprint density at radius 3 is 2.58 bits per heavy atom. The second-order valence-corrected chi connectivity index (χ2v) is 8.81. The van der Waals surface area contributed by atoms with Crippen molar-refractivity contribution in [2.75, 3.05) is 12.0 Å². The lowest BCUT2D eigenvalue weighted by atomic mass is 9.97. The molecule has 6 nitrogen and oxygen atoms in total. The number of para-hydroxylation sites is 1. The van der Waals surface area contributed by atoms with E-state index >= 15 is 0 Å². The normalized spacial score (nSPS) is 15.5. The number of amides is 1. The predicted octanol–water partition coefficient (Wildman–Crippen LogP) is 4.93. The SMILES string of the molecule is COc1ccccc1[C@@H]1c2c(oc3ccc(C)cc3c2=O)C(=O)N1c1nc(C)c(C)s1. The number of hydrogen-bond donors (Lipinski definition) is 0. The first-order chi connectivity index (χ1) is 14.9. The summed E-state index contributed by atoms with van der Waals surface area (Å²) in [4.78, 5) is 34.4. The second kappa shape index (κ2) is 7.06. The molecule has 0 aliphatic carbocycles. The van der Waals surface area contributed by atoms with Crippen molar-refractivity contribution in [2.45, 2.75) is 26.8 Å². The Hall–Kier alpha value is -3.45. The van der Waals surface area contributed by atoms with Crippen molar-refractivity contribution in [1.29, 1.82) is 0 Å². The van der Waals surface area contributed by atoms with Gasteiger partial charge < -0.3 is 9.15 Å². The number of benzene rings is 2. The van der Waals surface area contributed by atoms with Gasteiger partial charge in [-0.1, -0.05) is 29.8 Å². The molecule has 0 N–H and O–H groups in total. The Bertz CT molecular complexity index is 1400. The van der Waals surface area contributed by atoms with Crippen LogP contribution in [-0.2, 0) is 0 Å². The molecule has 0 spiro atoms. The lowest BCUT2D eigenvalue weighted by molar-refractivity contribution is 0.0971. The van der Waals surface area contributed by atoms with Gasteiger partial charge in [0.2, 0.25) is 5.76 Å². The molecule has 1 atom stereocenters. The fourth-order valence-corrected chi connectivity index (χ4v) is 4.97. The minimum absolute atomic E-state index is 0.0581. The molecule has 31 heavy (non-hydrogen) atoms. The maximum absolute atomic E-state index is 13.7. The van der Waals surface area contributed by atoms with Gasteiger partial charge in [-0.15, -0.1) is 11.3 Å². The monoisotopic (exact) mass is 432 g/mol. The summed E-state index contributed by atoms with van der Waals surface area (Å²) in [5, 5.41) is 0.988. The molecule has 156 valence electrons. The molecule has 4 aromatic rings. The van der Waals surface area contributed by atoms with Gasteiger partial charge in [0.1, 0.15) is 17.4 Å². The molecule has 2 aromatic heterocycles. The van der Waals surface area contributed by atoms with E-state index in [0.29, 0.717) is 33.0 Å². The fraction of sp³-hybridized carbons (Fsp3) is 0.208. The lowest BCUT2D eigenvalue weighted by Crippen LogP contribution is -2.29. The quantitative estimate of drug-likeness (QED) is 0.459. The van der Waals surface area contributed by atoms with Crippen LogP contribution >= 0.6 is 11.3 Å². The van der Waals surface area contributed by atoms with E-state index in [2.05, 4.69) is 4.98 Å². The Kier molecular flexibility index (Phi) is 4.44. The van der Waals surface area contributed by atoms with E-state index in [1.807, 2.05) is 51.1 Å². The zero-order chi connectivity index (χ0) is 21.9. The summed E-state index contributed by atoms with van der Waals surface area (Å²) in [7, 11) is 1.57. The van der Waals surface area contributed by atoms with E-state index in [-0.39, 0.29) is 17.1 Å². The summed E-state index contributed by atoms with van der Waals surface area (Å²) in [6.07, 6.45) is 0. The summed E-state index contributed by atoms with van der Waals surface area (Å²) in [6.45, 7) is 5.78. The number of anilines is 1. The molecule has 7 heteroatoms. The lowest BCUT2D eigenvalue weighted by Gasteiger charge is -2.24. The number of thiazole rings is 1. The number of aromatic nitrogens is 1. The first-order valence-corrected chi connectivity index (χ1v) is 10.7. The molecule has 0 fully saturated rings. The third-order valence-corrected chi connectivity index (χ3v) is 6.75. The number of fused-ring (bicyclic) bond motifs is 2.